The van der Waals surface area contributed by atoms with Crippen LogP contribution in [0.4, 0.5) is 0 Å². The van der Waals surface area contributed by atoms with Gasteiger partial charge in [-0.15, -0.1) is 0 Å². The van der Waals surface area contributed by atoms with Crippen LogP contribution in [0.25, 0.3) is 0 Å². The number of carbonyl (C=O) groups excluding carboxylic acids is 2. The van der Waals surface area contributed by atoms with E-state index in [1.807, 2.05) is 24.3 Å². The number of hydrogen-bond donors (Lipinski definition) is 3. The van der Waals surface area contributed by atoms with Gasteiger partial charge in [-0.25, -0.2) is 0 Å². The molecule has 0 aliphatic heterocycles. The van der Waals surface area contributed by atoms with Gasteiger partial charge >= 0.3 is 0 Å². The fourth-order valence-electron chi connectivity index (χ4n) is 3.55. The van der Waals surface area contributed by atoms with Gasteiger partial charge in [0.25, 0.3) is 11.8 Å². The first-order valence-electron chi connectivity index (χ1n) is 9.03. The average molecular weight is 459 g/mol. The molecule has 3 atom stereocenters. The quantitative estimate of drug-likeness (QED) is 0.541. The Kier molecular flexibility index (Phi) is 5.25. The van der Waals surface area contributed by atoms with Gasteiger partial charge < -0.3 is 20.2 Å². The molecule has 1 aromatic carbocycles. The van der Waals surface area contributed by atoms with E-state index in [2.05, 4.69) is 31.7 Å². The number of hydrogen-bond acceptors (Lipinski definition) is 5. The number of carbonyl (C=O) groups is 2. The topological polar surface area (TPSA) is 109 Å². The lowest BCUT2D eigenvalue weighted by atomic mass is 10.1. The molecule has 0 spiro atoms. The molecule has 3 N–H and O–H groups in total. The zero-order valence-corrected chi connectivity index (χ0v) is 17.1. The number of fused-ring (bicyclic) bond motifs is 1. The molecule has 8 nitrogen and oxygen atoms in total. The SMILES string of the molecule is Cn1cc(C(O)C(=O)N[C@@H]2c3ccccc3C[C@H]2NC(=O)c2ccc(Br)o2)cn1. The zero-order chi connectivity index (χ0) is 20.5. The van der Waals surface area contributed by atoms with Gasteiger partial charge in [0.15, 0.2) is 16.5 Å². The molecule has 3 aromatic rings. The standard InChI is InChI=1S/C20H19BrN4O4/c1-25-10-12(9-22-25)18(26)20(28)24-17-13-5-3-2-4-11(13)8-14(17)23-19(27)15-6-7-16(21)29-15/h2-7,9-10,14,17-18,26H,8H2,1H3,(H,23,27)(H,24,28)/t14-,17-,18?/m1/s1. The Hall–Kier alpha value is -2.91. The van der Waals surface area contributed by atoms with Crippen molar-refractivity contribution in [3.63, 3.8) is 0 Å². The summed E-state index contributed by atoms with van der Waals surface area (Å²) in [6.07, 6.45) is 2.23. The van der Waals surface area contributed by atoms with Crippen LogP contribution >= 0.6 is 15.9 Å². The van der Waals surface area contributed by atoms with E-state index in [9.17, 15) is 14.7 Å². The molecule has 1 aliphatic carbocycles. The van der Waals surface area contributed by atoms with Crippen LogP contribution in [0.5, 0.6) is 0 Å². The van der Waals surface area contributed by atoms with E-state index >= 15 is 0 Å². The van der Waals surface area contributed by atoms with Gasteiger partial charge in [0.2, 0.25) is 0 Å². The Balaban J connectivity index is 1.54. The molecule has 2 heterocycles. The smallest absolute Gasteiger partial charge is 0.287 e. The molecule has 4 rings (SSSR count). The summed E-state index contributed by atoms with van der Waals surface area (Å²) >= 11 is 3.18. The lowest BCUT2D eigenvalue weighted by Crippen LogP contribution is -2.45. The number of aryl methyl sites for hydroxylation is 1. The second kappa shape index (κ2) is 7.84. The minimum atomic E-state index is -1.35. The van der Waals surface area contributed by atoms with Gasteiger partial charge in [-0.1, -0.05) is 24.3 Å². The Morgan fingerprint density at radius 3 is 2.76 bits per heavy atom. The Labute approximate surface area is 175 Å². The summed E-state index contributed by atoms with van der Waals surface area (Å²) in [6, 6.07) is 10.0. The van der Waals surface area contributed by atoms with Gasteiger partial charge in [0, 0.05) is 18.8 Å². The summed E-state index contributed by atoms with van der Waals surface area (Å²) in [6.45, 7) is 0. The maximum absolute atomic E-state index is 12.7. The summed E-state index contributed by atoms with van der Waals surface area (Å²) in [5.74, 6) is -0.756. The summed E-state index contributed by atoms with van der Waals surface area (Å²) in [4.78, 5) is 25.2. The molecule has 0 saturated heterocycles. The largest absolute Gasteiger partial charge is 0.444 e. The van der Waals surface area contributed by atoms with Gasteiger partial charge in [0.05, 0.1) is 18.3 Å². The number of halogens is 1. The average Bonchev–Trinajstić information content (AvgIpc) is 3.41. The van der Waals surface area contributed by atoms with Gasteiger partial charge in [-0.2, -0.15) is 5.10 Å². The van der Waals surface area contributed by atoms with Crippen molar-refractivity contribution < 1.29 is 19.1 Å². The van der Waals surface area contributed by atoms with E-state index < -0.39 is 18.1 Å². The van der Waals surface area contributed by atoms with E-state index in [0.29, 0.717) is 16.7 Å². The van der Waals surface area contributed by atoms with Crippen LogP contribution < -0.4 is 10.6 Å². The summed E-state index contributed by atoms with van der Waals surface area (Å²) in [5.41, 5.74) is 2.34. The number of nitrogens with one attached hydrogen (secondary N) is 2. The molecule has 0 saturated carbocycles. The molecule has 0 radical (unpaired) electrons. The molecular weight excluding hydrogens is 440 g/mol. The first-order chi connectivity index (χ1) is 13.9. The summed E-state index contributed by atoms with van der Waals surface area (Å²) in [5, 5.41) is 20.2. The number of aliphatic hydroxyl groups excluding tert-OH is 1. The maximum Gasteiger partial charge on any atom is 0.287 e. The maximum atomic E-state index is 12.7. The molecular formula is C20H19BrN4O4. The van der Waals surface area contributed by atoms with Crippen LogP contribution in [0.1, 0.15) is 39.4 Å². The summed E-state index contributed by atoms with van der Waals surface area (Å²) < 4.78 is 7.29. The zero-order valence-electron chi connectivity index (χ0n) is 15.5. The van der Waals surface area contributed by atoms with Gasteiger partial charge in [-0.3, -0.25) is 14.3 Å². The van der Waals surface area contributed by atoms with Crippen molar-refractivity contribution in [2.24, 2.45) is 7.05 Å². The lowest BCUT2D eigenvalue weighted by molar-refractivity contribution is -0.130. The Morgan fingerprint density at radius 2 is 2.07 bits per heavy atom. The van der Waals surface area contributed by atoms with Crippen molar-refractivity contribution in [3.8, 4) is 0 Å². The molecule has 1 aliphatic rings. The number of aromatic nitrogens is 2. The molecule has 150 valence electrons. The molecule has 2 amide bonds. The molecule has 0 fully saturated rings. The fraction of sp³-hybridized carbons (Fsp3) is 0.250. The molecule has 2 aromatic heterocycles. The third-order valence-corrected chi connectivity index (χ3v) is 5.36. The van der Waals surface area contributed by atoms with Crippen molar-refractivity contribution in [2.75, 3.05) is 0 Å². The fourth-order valence-corrected chi connectivity index (χ4v) is 3.86. The van der Waals surface area contributed by atoms with Crippen molar-refractivity contribution >= 4 is 27.7 Å². The van der Waals surface area contributed by atoms with E-state index in [-0.39, 0.29) is 17.7 Å². The van der Waals surface area contributed by atoms with E-state index in [0.717, 1.165) is 11.1 Å². The first-order valence-corrected chi connectivity index (χ1v) is 9.82. The van der Waals surface area contributed by atoms with Crippen LogP contribution in [0.3, 0.4) is 0 Å². The van der Waals surface area contributed by atoms with Crippen LogP contribution in [-0.4, -0.2) is 32.7 Å². The van der Waals surface area contributed by atoms with E-state index in [1.54, 1.807) is 25.4 Å². The number of rotatable bonds is 5. The van der Waals surface area contributed by atoms with Crippen LogP contribution in [0, 0.1) is 0 Å². The Morgan fingerprint density at radius 1 is 1.28 bits per heavy atom. The van der Waals surface area contributed by atoms with Crippen molar-refractivity contribution in [1.82, 2.24) is 20.4 Å². The van der Waals surface area contributed by atoms with Crippen molar-refractivity contribution in [3.05, 3.63) is 75.9 Å². The minimum Gasteiger partial charge on any atom is -0.444 e. The Bertz CT molecular complexity index is 1060. The van der Waals surface area contributed by atoms with Crippen molar-refractivity contribution in [1.29, 1.82) is 0 Å². The third-order valence-electron chi connectivity index (χ3n) is 4.93. The molecule has 29 heavy (non-hydrogen) atoms. The second-order valence-corrected chi connectivity index (χ2v) is 7.70. The third kappa shape index (κ3) is 3.96. The monoisotopic (exact) mass is 458 g/mol. The minimum absolute atomic E-state index is 0.174. The van der Waals surface area contributed by atoms with E-state index in [1.165, 1.54) is 10.9 Å². The molecule has 1 unspecified atom stereocenters. The van der Waals surface area contributed by atoms with E-state index in [4.69, 9.17) is 4.42 Å². The predicted octanol–water partition coefficient (Wildman–Crippen LogP) is 2.02. The number of aliphatic hydroxyl groups is 1. The van der Waals surface area contributed by atoms with Crippen LogP contribution in [0.15, 0.2) is 57.9 Å². The number of furan rings is 1. The van der Waals surface area contributed by atoms with Gasteiger partial charge in [0.1, 0.15) is 0 Å². The van der Waals surface area contributed by atoms with Gasteiger partial charge in [-0.05, 0) is 45.6 Å². The van der Waals surface area contributed by atoms with Crippen LogP contribution in [-0.2, 0) is 18.3 Å². The molecule has 0 bridgehead atoms. The highest BCUT2D eigenvalue weighted by molar-refractivity contribution is 9.10. The number of benzene rings is 1. The highest BCUT2D eigenvalue weighted by Gasteiger charge is 2.36. The first kappa shape index (κ1) is 19.4. The molecule has 9 heteroatoms. The van der Waals surface area contributed by atoms with Crippen molar-refractivity contribution in [2.45, 2.75) is 24.6 Å². The number of nitrogens with zero attached hydrogens (tertiary/aromatic N) is 2. The predicted molar refractivity (Wildman–Crippen MR) is 107 cm³/mol. The van der Waals surface area contributed by atoms with Crippen LogP contribution in [0.2, 0.25) is 0 Å². The summed E-state index contributed by atoms with van der Waals surface area (Å²) in [7, 11) is 1.71. The lowest BCUT2D eigenvalue weighted by Gasteiger charge is -2.24. The highest BCUT2D eigenvalue weighted by atomic mass is 79.9. The highest BCUT2D eigenvalue weighted by Crippen LogP contribution is 2.32. The number of amides is 2. The normalized spacial score (nSPS) is 18.9. The second-order valence-electron chi connectivity index (χ2n) is 6.92.